The smallest absolute Gasteiger partial charge is 0.211 e. The molecule has 0 saturated heterocycles. The van der Waals surface area contributed by atoms with E-state index in [1.165, 1.54) is 22.3 Å². The summed E-state index contributed by atoms with van der Waals surface area (Å²) in [6.45, 7) is 1.59. The molecule has 4 heteroatoms. The molecular formula is C25H23N3O+2. The van der Waals surface area contributed by atoms with E-state index in [9.17, 15) is 4.79 Å². The number of nitrogens with zero attached hydrogens (tertiary/aromatic N) is 2. The highest BCUT2D eigenvalue weighted by molar-refractivity contribution is 5.69. The monoisotopic (exact) mass is 381 g/mol. The Labute approximate surface area is 170 Å². The molecule has 4 rings (SSSR count). The van der Waals surface area contributed by atoms with Crippen LogP contribution in [0.2, 0.25) is 0 Å². The molecule has 2 aromatic heterocycles. The third-order valence-electron chi connectivity index (χ3n) is 4.84. The largest absolute Gasteiger partial charge is 0.324 e. The molecule has 0 fully saturated rings. The van der Waals surface area contributed by atoms with Gasteiger partial charge in [-0.25, -0.2) is 4.57 Å². The average molecular weight is 381 g/mol. The normalized spacial score (nSPS) is 10.5. The topological polar surface area (TPSA) is 36.9 Å². The zero-order valence-corrected chi connectivity index (χ0v) is 16.1. The zero-order valence-electron chi connectivity index (χ0n) is 16.1. The van der Waals surface area contributed by atoms with Crippen LogP contribution in [0.3, 0.4) is 0 Å². The van der Waals surface area contributed by atoms with Crippen LogP contribution in [-0.2, 0) is 17.9 Å². The number of amides is 1. The minimum absolute atomic E-state index is 0.693. The summed E-state index contributed by atoms with van der Waals surface area (Å²) in [4.78, 5) is 10.6. The fraction of sp³-hybridized carbons (Fsp3) is 0.0800. The van der Waals surface area contributed by atoms with Crippen LogP contribution in [0.4, 0.5) is 5.69 Å². The van der Waals surface area contributed by atoms with Gasteiger partial charge in [0, 0.05) is 29.3 Å². The molecule has 0 aliphatic rings. The van der Waals surface area contributed by atoms with Crippen LogP contribution in [0.25, 0.3) is 11.1 Å². The quantitative estimate of drug-likeness (QED) is 0.385. The highest BCUT2D eigenvalue weighted by atomic mass is 16.1. The van der Waals surface area contributed by atoms with Crippen LogP contribution >= 0.6 is 0 Å². The van der Waals surface area contributed by atoms with Crippen molar-refractivity contribution in [2.45, 2.75) is 13.1 Å². The van der Waals surface area contributed by atoms with Crippen molar-refractivity contribution < 1.29 is 13.9 Å². The van der Waals surface area contributed by atoms with Gasteiger partial charge in [0.2, 0.25) is 6.41 Å². The molecule has 0 unspecified atom stereocenters. The molecule has 1 N–H and O–H groups in total. The summed E-state index contributed by atoms with van der Waals surface area (Å²) in [6.07, 6.45) is 8.86. The van der Waals surface area contributed by atoms with Crippen molar-refractivity contribution in [1.82, 2.24) is 0 Å². The summed E-state index contributed by atoms with van der Waals surface area (Å²) in [5, 5.41) is 2.68. The molecule has 2 aromatic carbocycles. The number of rotatable bonds is 7. The zero-order chi connectivity index (χ0) is 19.9. The van der Waals surface area contributed by atoms with Gasteiger partial charge >= 0.3 is 0 Å². The highest BCUT2D eigenvalue weighted by Gasteiger charge is 2.07. The van der Waals surface area contributed by atoms with Gasteiger partial charge in [0.1, 0.15) is 5.69 Å². The van der Waals surface area contributed by atoms with Gasteiger partial charge in [0.25, 0.3) is 0 Å². The molecule has 1 amide bonds. The standard InChI is InChI=1S/C25H22N3O/c29-20-26-25-7-4-14-28(19-25)18-22-10-8-21(9-11-22)17-27-15-12-24(13-16-27)23-5-2-1-3-6-23/h1-16,19-20H,17-18H2/q+1/p+1. The molecule has 0 aliphatic carbocycles. The Morgan fingerprint density at radius 2 is 1.28 bits per heavy atom. The van der Waals surface area contributed by atoms with E-state index >= 15 is 0 Å². The molecule has 0 spiro atoms. The van der Waals surface area contributed by atoms with E-state index in [4.69, 9.17) is 0 Å². The van der Waals surface area contributed by atoms with Crippen LogP contribution in [0.5, 0.6) is 0 Å². The van der Waals surface area contributed by atoms with Crippen molar-refractivity contribution >= 4 is 12.1 Å². The van der Waals surface area contributed by atoms with E-state index in [1.807, 2.05) is 30.6 Å². The number of aromatic nitrogens is 2. The van der Waals surface area contributed by atoms with E-state index in [-0.39, 0.29) is 0 Å². The molecule has 4 nitrogen and oxygen atoms in total. The third-order valence-corrected chi connectivity index (χ3v) is 4.84. The van der Waals surface area contributed by atoms with Crippen molar-refractivity contribution in [3.63, 3.8) is 0 Å². The maximum Gasteiger partial charge on any atom is 0.211 e. The van der Waals surface area contributed by atoms with E-state index in [0.717, 1.165) is 18.8 Å². The lowest BCUT2D eigenvalue weighted by atomic mass is 10.1. The van der Waals surface area contributed by atoms with Gasteiger partial charge in [0.05, 0.1) is 0 Å². The second-order valence-electron chi connectivity index (χ2n) is 6.97. The predicted octanol–water partition coefficient (Wildman–Crippen LogP) is 3.59. The first-order valence-corrected chi connectivity index (χ1v) is 9.62. The molecule has 0 radical (unpaired) electrons. The molecule has 0 aliphatic heterocycles. The van der Waals surface area contributed by atoms with E-state index < -0.39 is 0 Å². The summed E-state index contributed by atoms with van der Waals surface area (Å²) in [5.41, 5.74) is 5.71. The lowest BCUT2D eigenvalue weighted by Gasteiger charge is -2.03. The number of nitrogens with one attached hydrogen (secondary N) is 1. The van der Waals surface area contributed by atoms with Crippen LogP contribution < -0.4 is 14.5 Å². The van der Waals surface area contributed by atoms with E-state index in [0.29, 0.717) is 6.41 Å². The molecule has 0 atom stereocenters. The van der Waals surface area contributed by atoms with Gasteiger partial charge in [-0.05, 0) is 17.2 Å². The number of benzene rings is 2. The third kappa shape index (κ3) is 4.93. The van der Waals surface area contributed by atoms with Crippen molar-refractivity contribution in [2.24, 2.45) is 0 Å². The summed E-state index contributed by atoms with van der Waals surface area (Å²) in [5.74, 6) is 0. The number of pyridine rings is 2. The summed E-state index contributed by atoms with van der Waals surface area (Å²) >= 11 is 0. The maximum absolute atomic E-state index is 10.6. The number of anilines is 1. The van der Waals surface area contributed by atoms with Crippen LogP contribution in [0, 0.1) is 0 Å². The van der Waals surface area contributed by atoms with Gasteiger partial charge in [-0.2, -0.15) is 4.57 Å². The van der Waals surface area contributed by atoms with E-state index in [1.54, 1.807) is 0 Å². The highest BCUT2D eigenvalue weighted by Crippen LogP contribution is 2.16. The van der Waals surface area contributed by atoms with Gasteiger partial charge in [-0.15, -0.1) is 0 Å². The Kier molecular flexibility index (Phi) is 5.72. The second kappa shape index (κ2) is 8.93. The Bertz CT molecular complexity index is 1080. The van der Waals surface area contributed by atoms with Crippen molar-refractivity contribution in [1.29, 1.82) is 0 Å². The van der Waals surface area contributed by atoms with Gasteiger partial charge in [0.15, 0.2) is 37.9 Å². The number of carbonyl (C=O) groups is 1. The Balaban J connectivity index is 1.40. The van der Waals surface area contributed by atoms with Crippen molar-refractivity contribution in [3.8, 4) is 11.1 Å². The number of carbonyl (C=O) groups excluding carboxylic acids is 1. The van der Waals surface area contributed by atoms with Crippen LogP contribution in [-0.4, -0.2) is 6.41 Å². The van der Waals surface area contributed by atoms with Crippen LogP contribution in [0.1, 0.15) is 11.1 Å². The first kappa shape index (κ1) is 18.6. The SMILES string of the molecule is O=CNc1ccc[n+](Cc2ccc(C[n+]3ccc(-c4ccccc4)cc3)cc2)c1. The molecular weight excluding hydrogens is 358 g/mol. The molecule has 0 saturated carbocycles. The number of hydrogen-bond acceptors (Lipinski definition) is 1. The molecule has 4 aromatic rings. The lowest BCUT2D eigenvalue weighted by molar-refractivity contribution is -0.688. The van der Waals surface area contributed by atoms with Gasteiger partial charge in [-0.3, -0.25) is 4.79 Å². The minimum atomic E-state index is 0.693. The van der Waals surface area contributed by atoms with E-state index in [2.05, 4.69) is 87.5 Å². The fourth-order valence-electron chi connectivity index (χ4n) is 3.33. The Morgan fingerprint density at radius 1 is 0.655 bits per heavy atom. The molecule has 2 heterocycles. The maximum atomic E-state index is 10.6. The van der Waals surface area contributed by atoms with Crippen molar-refractivity contribution in [2.75, 3.05) is 5.32 Å². The lowest BCUT2D eigenvalue weighted by Crippen LogP contribution is -2.34. The Morgan fingerprint density at radius 3 is 1.93 bits per heavy atom. The second-order valence-corrected chi connectivity index (χ2v) is 6.97. The van der Waals surface area contributed by atoms with Gasteiger partial charge in [-0.1, -0.05) is 54.6 Å². The van der Waals surface area contributed by atoms with Crippen LogP contribution in [0.15, 0.2) is 104 Å². The molecule has 29 heavy (non-hydrogen) atoms. The summed E-state index contributed by atoms with van der Waals surface area (Å²) in [7, 11) is 0. The first-order chi connectivity index (χ1) is 14.3. The number of hydrogen-bond donors (Lipinski definition) is 1. The Hall–Kier alpha value is -3.79. The van der Waals surface area contributed by atoms with Gasteiger partial charge < -0.3 is 5.32 Å². The average Bonchev–Trinajstić information content (AvgIpc) is 2.77. The van der Waals surface area contributed by atoms with Crippen molar-refractivity contribution in [3.05, 3.63) is 115 Å². The molecule has 0 bridgehead atoms. The summed E-state index contributed by atoms with van der Waals surface area (Å²) in [6, 6.07) is 27.2. The molecule has 142 valence electrons. The first-order valence-electron chi connectivity index (χ1n) is 9.62. The predicted molar refractivity (Wildman–Crippen MR) is 113 cm³/mol. The minimum Gasteiger partial charge on any atom is -0.324 e. The summed E-state index contributed by atoms with van der Waals surface area (Å²) < 4.78 is 4.24. The fourth-order valence-corrected chi connectivity index (χ4v) is 3.33.